The normalized spacial score (nSPS) is 9.33. The van der Waals surface area contributed by atoms with Gasteiger partial charge in [0.2, 0.25) is 0 Å². The predicted molar refractivity (Wildman–Crippen MR) is 48.3 cm³/mol. The van der Waals surface area contributed by atoms with Gasteiger partial charge in [-0.05, 0) is 6.58 Å². The van der Waals surface area contributed by atoms with Gasteiger partial charge in [-0.1, -0.05) is 6.58 Å². The lowest BCUT2D eigenvalue weighted by Gasteiger charge is -1.96. The van der Waals surface area contributed by atoms with E-state index in [1.54, 1.807) is 0 Å². The number of carbonyl (C=O) groups is 3. The van der Waals surface area contributed by atoms with E-state index < -0.39 is 23.7 Å². The van der Waals surface area contributed by atoms with Crippen LogP contribution in [-0.2, 0) is 23.9 Å². The van der Waals surface area contributed by atoms with Gasteiger partial charge in [0, 0.05) is 12.2 Å². The van der Waals surface area contributed by atoms with Gasteiger partial charge in [-0.3, -0.25) is 0 Å². The Hall–Kier alpha value is -2.37. The molecule has 0 aromatic heterocycles. The summed E-state index contributed by atoms with van der Waals surface area (Å²) in [5.41, 5.74) is 0. The Bertz CT molecular complexity index is 339. The van der Waals surface area contributed by atoms with E-state index in [1.807, 2.05) is 0 Å². The van der Waals surface area contributed by atoms with Gasteiger partial charge in [-0.15, -0.1) is 0 Å². The highest BCUT2D eigenvalue weighted by Gasteiger charge is 2.10. The van der Waals surface area contributed by atoms with E-state index in [2.05, 4.69) is 22.6 Å². The van der Waals surface area contributed by atoms with Gasteiger partial charge in [-0.25, -0.2) is 14.4 Å². The Balaban J connectivity index is 4.14. The molecule has 0 aliphatic rings. The van der Waals surface area contributed by atoms with E-state index in [4.69, 9.17) is 5.11 Å². The second-order valence-corrected chi connectivity index (χ2v) is 2.09. The van der Waals surface area contributed by atoms with E-state index in [9.17, 15) is 14.4 Å². The first kappa shape index (κ1) is 12.6. The Kier molecular flexibility index (Phi) is 5.17. The number of hydrogen-bond donors (Lipinski definition) is 1. The minimum atomic E-state index is -1.29. The number of rotatable bonds is 4. The number of carbonyl (C=O) groups excluding carboxylic acids is 3. The van der Waals surface area contributed by atoms with Crippen LogP contribution >= 0.6 is 0 Å². The van der Waals surface area contributed by atoms with E-state index in [0.29, 0.717) is 6.08 Å². The highest BCUT2D eigenvalue weighted by atomic mass is 16.6. The van der Waals surface area contributed by atoms with Crippen molar-refractivity contribution in [3.63, 3.8) is 0 Å². The van der Waals surface area contributed by atoms with Crippen molar-refractivity contribution < 1.29 is 29.0 Å². The average molecular weight is 212 g/mol. The molecule has 0 radical (unpaired) electrons. The lowest BCUT2D eigenvalue weighted by molar-refractivity contribution is -0.155. The molecular formula is C9H8O6. The SMILES string of the molecule is C=COC(=O)/C=C\C(=O)OC(=O)C(=C)O. The average Bonchev–Trinajstić information content (AvgIpc) is 2.15. The third-order valence-corrected chi connectivity index (χ3v) is 0.984. The molecule has 0 saturated carbocycles. The molecule has 0 aromatic carbocycles. The largest absolute Gasteiger partial charge is 0.502 e. The maximum absolute atomic E-state index is 10.8. The zero-order chi connectivity index (χ0) is 11.8. The van der Waals surface area contributed by atoms with Crippen molar-refractivity contribution in [3.8, 4) is 0 Å². The first-order chi connectivity index (χ1) is 6.97. The third kappa shape index (κ3) is 5.81. The molecule has 0 atom stereocenters. The molecule has 0 aliphatic carbocycles. The summed E-state index contributed by atoms with van der Waals surface area (Å²) in [6, 6.07) is 0. The van der Waals surface area contributed by atoms with E-state index in [-0.39, 0.29) is 0 Å². The van der Waals surface area contributed by atoms with Crippen LogP contribution in [0.1, 0.15) is 0 Å². The molecule has 6 nitrogen and oxygen atoms in total. The van der Waals surface area contributed by atoms with Crippen LogP contribution in [0.25, 0.3) is 0 Å². The topological polar surface area (TPSA) is 89.9 Å². The monoisotopic (exact) mass is 212 g/mol. The lowest BCUT2D eigenvalue weighted by Crippen LogP contribution is -2.11. The fourth-order valence-electron chi connectivity index (χ4n) is 0.442. The fraction of sp³-hybridized carbons (Fsp3) is 0. The molecule has 0 fully saturated rings. The van der Waals surface area contributed by atoms with E-state index >= 15 is 0 Å². The standard InChI is InChI=1S/C9H8O6/c1-3-14-7(11)4-5-8(12)15-9(13)6(2)10/h3-5,10H,1-2H2/b5-4-. The number of hydrogen-bond acceptors (Lipinski definition) is 6. The molecule has 0 rings (SSSR count). The molecule has 0 unspecified atom stereocenters. The molecule has 0 amide bonds. The first-order valence-electron chi connectivity index (χ1n) is 3.61. The molecular weight excluding hydrogens is 204 g/mol. The van der Waals surface area contributed by atoms with Crippen LogP contribution in [0, 0.1) is 0 Å². The maximum Gasteiger partial charge on any atom is 0.380 e. The summed E-state index contributed by atoms with van der Waals surface area (Å²) in [5.74, 6) is -4.18. The van der Waals surface area contributed by atoms with Crippen molar-refractivity contribution in [1.29, 1.82) is 0 Å². The highest BCUT2D eigenvalue weighted by molar-refractivity contribution is 6.00. The summed E-state index contributed by atoms with van der Waals surface area (Å²) in [4.78, 5) is 31.9. The van der Waals surface area contributed by atoms with Gasteiger partial charge in [-0.2, -0.15) is 0 Å². The molecule has 0 saturated heterocycles. The zero-order valence-electron chi connectivity index (χ0n) is 7.63. The fourth-order valence-corrected chi connectivity index (χ4v) is 0.442. The molecule has 0 aliphatic heterocycles. The van der Waals surface area contributed by atoms with E-state index in [1.165, 1.54) is 0 Å². The zero-order valence-corrected chi connectivity index (χ0v) is 7.63. The van der Waals surface area contributed by atoms with Crippen LogP contribution in [0.4, 0.5) is 0 Å². The smallest absolute Gasteiger partial charge is 0.380 e. The van der Waals surface area contributed by atoms with Crippen molar-refractivity contribution in [2.75, 3.05) is 0 Å². The van der Waals surface area contributed by atoms with Crippen LogP contribution in [0.15, 0.2) is 37.3 Å². The maximum atomic E-state index is 10.8. The number of ether oxygens (including phenoxy) is 2. The van der Waals surface area contributed by atoms with Crippen molar-refractivity contribution >= 4 is 17.9 Å². The third-order valence-electron chi connectivity index (χ3n) is 0.984. The summed E-state index contributed by atoms with van der Waals surface area (Å²) in [5, 5.41) is 8.48. The summed E-state index contributed by atoms with van der Waals surface area (Å²) in [6.07, 6.45) is 2.27. The Morgan fingerprint density at radius 2 is 1.67 bits per heavy atom. The summed E-state index contributed by atoms with van der Waals surface area (Å²) in [6.45, 7) is 5.94. The van der Waals surface area contributed by atoms with Gasteiger partial charge in [0.25, 0.3) is 0 Å². The molecule has 15 heavy (non-hydrogen) atoms. The van der Waals surface area contributed by atoms with Crippen LogP contribution < -0.4 is 0 Å². The van der Waals surface area contributed by atoms with Crippen molar-refractivity contribution in [2.24, 2.45) is 0 Å². The summed E-state index contributed by atoms with van der Waals surface area (Å²) in [7, 11) is 0. The van der Waals surface area contributed by atoms with E-state index in [0.717, 1.165) is 12.3 Å². The van der Waals surface area contributed by atoms with Crippen LogP contribution in [0.5, 0.6) is 0 Å². The lowest BCUT2D eigenvalue weighted by atomic mass is 10.5. The molecule has 1 N–H and O–H groups in total. The predicted octanol–water partition coefficient (Wildman–Crippen LogP) is 0.371. The Labute approximate surface area is 85.1 Å². The Morgan fingerprint density at radius 1 is 1.13 bits per heavy atom. The summed E-state index contributed by atoms with van der Waals surface area (Å²) < 4.78 is 8.22. The quantitative estimate of drug-likeness (QED) is 0.313. The molecule has 0 aromatic rings. The second-order valence-electron chi connectivity index (χ2n) is 2.09. The van der Waals surface area contributed by atoms with Crippen molar-refractivity contribution in [3.05, 3.63) is 37.3 Å². The van der Waals surface area contributed by atoms with Gasteiger partial charge in [0.15, 0.2) is 5.76 Å². The molecule has 0 spiro atoms. The number of esters is 3. The minimum Gasteiger partial charge on any atom is -0.502 e. The Morgan fingerprint density at radius 3 is 2.13 bits per heavy atom. The molecule has 0 bridgehead atoms. The second kappa shape index (κ2) is 6.14. The molecule has 0 heterocycles. The van der Waals surface area contributed by atoms with Gasteiger partial charge in [0.1, 0.15) is 0 Å². The molecule has 80 valence electrons. The van der Waals surface area contributed by atoms with Gasteiger partial charge < -0.3 is 14.6 Å². The highest BCUT2D eigenvalue weighted by Crippen LogP contribution is 1.91. The number of aliphatic hydroxyl groups excluding tert-OH is 1. The van der Waals surface area contributed by atoms with Crippen LogP contribution in [0.3, 0.4) is 0 Å². The number of aliphatic hydroxyl groups is 1. The van der Waals surface area contributed by atoms with Crippen molar-refractivity contribution in [2.45, 2.75) is 0 Å². The minimum absolute atomic E-state index is 0.659. The first-order valence-corrected chi connectivity index (χ1v) is 3.61. The van der Waals surface area contributed by atoms with Gasteiger partial charge >= 0.3 is 17.9 Å². The van der Waals surface area contributed by atoms with Crippen LogP contribution in [0.2, 0.25) is 0 Å². The van der Waals surface area contributed by atoms with Gasteiger partial charge in [0.05, 0.1) is 6.26 Å². The van der Waals surface area contributed by atoms with Crippen molar-refractivity contribution in [1.82, 2.24) is 0 Å². The molecule has 6 heteroatoms. The van der Waals surface area contributed by atoms with Crippen LogP contribution in [-0.4, -0.2) is 23.0 Å². The summed E-state index contributed by atoms with van der Waals surface area (Å²) >= 11 is 0.